The first-order valence-electron chi connectivity index (χ1n) is 8.26. The van der Waals surface area contributed by atoms with Crippen molar-refractivity contribution in [3.05, 3.63) is 58.0 Å². The predicted molar refractivity (Wildman–Crippen MR) is 102 cm³/mol. The van der Waals surface area contributed by atoms with E-state index < -0.39 is 0 Å². The molecule has 24 heavy (non-hydrogen) atoms. The Bertz CT molecular complexity index is 637. The Balaban J connectivity index is 1.50. The Hall–Kier alpha value is -1.50. The van der Waals surface area contributed by atoms with Gasteiger partial charge in [-0.15, -0.1) is 11.3 Å². The molecule has 0 aliphatic carbocycles. The fourth-order valence-electron chi connectivity index (χ4n) is 2.98. The number of nitrogens with one attached hydrogen (secondary N) is 2. The Morgan fingerprint density at radius 3 is 2.58 bits per heavy atom. The number of nitrogens with zero attached hydrogens (tertiary/aromatic N) is 1. The van der Waals surface area contributed by atoms with Crippen LogP contribution in [0.4, 0.5) is 4.39 Å². The lowest BCUT2D eigenvalue weighted by molar-refractivity contribution is 0.249. The molecule has 128 valence electrons. The zero-order chi connectivity index (χ0) is 16.8. The van der Waals surface area contributed by atoms with Gasteiger partial charge in [0.25, 0.3) is 0 Å². The Morgan fingerprint density at radius 1 is 1.17 bits per heavy atom. The molecule has 0 bridgehead atoms. The van der Waals surface area contributed by atoms with Crippen molar-refractivity contribution in [2.24, 2.45) is 0 Å². The SMILES string of the molecule is Fc1ccc(CNC(=S)NC[C@H](c2cccs2)N2CCCC2)cc1. The Morgan fingerprint density at radius 2 is 1.92 bits per heavy atom. The van der Waals surface area contributed by atoms with Crippen LogP contribution in [0.3, 0.4) is 0 Å². The molecule has 1 fully saturated rings. The van der Waals surface area contributed by atoms with E-state index in [2.05, 4.69) is 33.0 Å². The fourth-order valence-corrected chi connectivity index (χ4v) is 4.00. The second kappa shape index (κ2) is 8.55. The third-order valence-electron chi connectivity index (χ3n) is 4.28. The third-order valence-corrected chi connectivity index (χ3v) is 5.54. The van der Waals surface area contributed by atoms with Gasteiger partial charge in [0, 0.05) is 18.0 Å². The number of hydrogen-bond donors (Lipinski definition) is 2. The van der Waals surface area contributed by atoms with Crippen molar-refractivity contribution in [1.29, 1.82) is 0 Å². The highest BCUT2D eigenvalue weighted by Crippen LogP contribution is 2.27. The zero-order valence-corrected chi connectivity index (χ0v) is 15.1. The summed E-state index contributed by atoms with van der Waals surface area (Å²) in [5.41, 5.74) is 1.01. The maximum atomic E-state index is 12.9. The van der Waals surface area contributed by atoms with Crippen molar-refractivity contribution >= 4 is 28.7 Å². The first-order chi connectivity index (χ1) is 11.7. The van der Waals surface area contributed by atoms with Crippen molar-refractivity contribution in [2.75, 3.05) is 19.6 Å². The standard InChI is InChI=1S/C18H22FN3S2/c19-15-7-5-14(6-8-15)12-20-18(23)21-13-16(17-4-3-11-24-17)22-9-1-2-10-22/h3-8,11,16H,1-2,9-10,12-13H2,(H2,20,21,23)/t16-/m1/s1. The van der Waals surface area contributed by atoms with Crippen molar-refractivity contribution in [3.8, 4) is 0 Å². The zero-order valence-electron chi connectivity index (χ0n) is 13.5. The average molecular weight is 364 g/mol. The predicted octanol–water partition coefficient (Wildman–Crippen LogP) is 3.69. The van der Waals surface area contributed by atoms with Crippen molar-refractivity contribution < 1.29 is 4.39 Å². The van der Waals surface area contributed by atoms with E-state index in [-0.39, 0.29) is 5.82 Å². The van der Waals surface area contributed by atoms with Gasteiger partial charge in [0.1, 0.15) is 5.82 Å². The van der Waals surface area contributed by atoms with Crippen LogP contribution in [0.5, 0.6) is 0 Å². The lowest BCUT2D eigenvalue weighted by Crippen LogP contribution is -2.41. The van der Waals surface area contributed by atoms with Gasteiger partial charge >= 0.3 is 0 Å². The Labute approximate surface area is 151 Å². The molecule has 3 rings (SSSR count). The molecule has 1 saturated heterocycles. The van der Waals surface area contributed by atoms with E-state index in [0.29, 0.717) is 17.7 Å². The maximum Gasteiger partial charge on any atom is 0.166 e. The van der Waals surface area contributed by atoms with Gasteiger partial charge in [-0.2, -0.15) is 0 Å². The summed E-state index contributed by atoms with van der Waals surface area (Å²) in [6.07, 6.45) is 2.55. The summed E-state index contributed by atoms with van der Waals surface area (Å²) in [6, 6.07) is 11.1. The van der Waals surface area contributed by atoms with E-state index in [1.54, 1.807) is 23.5 Å². The summed E-state index contributed by atoms with van der Waals surface area (Å²) < 4.78 is 12.9. The molecule has 0 radical (unpaired) electrons. The topological polar surface area (TPSA) is 27.3 Å². The van der Waals surface area contributed by atoms with Crippen LogP contribution < -0.4 is 10.6 Å². The number of hydrogen-bond acceptors (Lipinski definition) is 3. The average Bonchev–Trinajstić information content (AvgIpc) is 3.29. The van der Waals surface area contributed by atoms with Crippen LogP contribution >= 0.6 is 23.6 Å². The summed E-state index contributed by atoms with van der Waals surface area (Å²) in [5, 5.41) is 9.30. The molecule has 2 N–H and O–H groups in total. The van der Waals surface area contributed by atoms with Crippen LogP contribution in [0.2, 0.25) is 0 Å². The summed E-state index contributed by atoms with van der Waals surface area (Å²) in [6.45, 7) is 3.70. The van der Waals surface area contributed by atoms with E-state index >= 15 is 0 Å². The molecule has 2 aromatic rings. The largest absolute Gasteiger partial charge is 0.361 e. The minimum absolute atomic E-state index is 0.219. The minimum atomic E-state index is -0.219. The minimum Gasteiger partial charge on any atom is -0.361 e. The summed E-state index contributed by atoms with van der Waals surface area (Å²) in [5.74, 6) is -0.219. The third kappa shape index (κ3) is 4.75. The van der Waals surface area contributed by atoms with Gasteiger partial charge in [0.15, 0.2) is 5.11 Å². The second-order valence-electron chi connectivity index (χ2n) is 5.96. The molecule has 6 heteroatoms. The smallest absolute Gasteiger partial charge is 0.166 e. The van der Waals surface area contributed by atoms with Crippen molar-refractivity contribution in [3.63, 3.8) is 0 Å². The van der Waals surface area contributed by atoms with Crippen molar-refractivity contribution in [2.45, 2.75) is 25.4 Å². The Kier molecular flexibility index (Phi) is 6.18. The first-order valence-corrected chi connectivity index (χ1v) is 9.55. The van der Waals surface area contributed by atoms with Gasteiger partial charge in [-0.1, -0.05) is 18.2 Å². The van der Waals surface area contributed by atoms with Crippen LogP contribution in [0.1, 0.15) is 29.3 Å². The van der Waals surface area contributed by atoms with Gasteiger partial charge in [-0.25, -0.2) is 4.39 Å². The molecule has 1 aromatic carbocycles. The molecule has 3 nitrogen and oxygen atoms in total. The lowest BCUT2D eigenvalue weighted by atomic mass is 10.2. The highest BCUT2D eigenvalue weighted by molar-refractivity contribution is 7.80. The van der Waals surface area contributed by atoms with E-state index in [1.165, 1.54) is 29.9 Å². The fraction of sp³-hybridized carbons (Fsp3) is 0.389. The molecule has 1 aromatic heterocycles. The molecule has 1 aliphatic rings. The van der Waals surface area contributed by atoms with Crippen molar-refractivity contribution in [1.82, 2.24) is 15.5 Å². The van der Waals surface area contributed by atoms with Gasteiger partial charge < -0.3 is 10.6 Å². The van der Waals surface area contributed by atoms with E-state index in [0.717, 1.165) is 25.2 Å². The molecule has 2 heterocycles. The molecule has 1 aliphatic heterocycles. The number of thiocarbonyl (C=S) groups is 1. The molecule has 0 unspecified atom stereocenters. The van der Waals surface area contributed by atoms with Crippen LogP contribution in [-0.2, 0) is 6.54 Å². The van der Waals surface area contributed by atoms with Crippen LogP contribution in [-0.4, -0.2) is 29.6 Å². The number of rotatable bonds is 6. The van der Waals surface area contributed by atoms with E-state index in [1.807, 2.05) is 0 Å². The molecule has 0 amide bonds. The molecule has 0 saturated carbocycles. The summed E-state index contributed by atoms with van der Waals surface area (Å²) in [4.78, 5) is 3.91. The molecule has 0 spiro atoms. The second-order valence-corrected chi connectivity index (χ2v) is 7.35. The van der Waals surface area contributed by atoms with Crippen LogP contribution in [0.15, 0.2) is 41.8 Å². The van der Waals surface area contributed by atoms with Gasteiger partial charge in [0.2, 0.25) is 0 Å². The highest BCUT2D eigenvalue weighted by Gasteiger charge is 2.24. The van der Waals surface area contributed by atoms with Gasteiger partial charge in [-0.3, -0.25) is 4.90 Å². The number of benzene rings is 1. The lowest BCUT2D eigenvalue weighted by Gasteiger charge is -2.27. The number of likely N-dealkylation sites (tertiary alicyclic amines) is 1. The van der Waals surface area contributed by atoms with Crippen LogP contribution in [0, 0.1) is 5.82 Å². The molecular weight excluding hydrogens is 341 g/mol. The molecular formula is C18H22FN3S2. The molecule has 1 atom stereocenters. The number of thiophene rings is 1. The van der Waals surface area contributed by atoms with E-state index in [9.17, 15) is 4.39 Å². The monoisotopic (exact) mass is 363 g/mol. The maximum absolute atomic E-state index is 12.9. The normalized spacial score (nSPS) is 16.0. The first kappa shape index (κ1) is 17.3. The quantitative estimate of drug-likeness (QED) is 0.766. The highest BCUT2D eigenvalue weighted by atomic mass is 32.1. The van der Waals surface area contributed by atoms with Crippen LogP contribution in [0.25, 0.3) is 0 Å². The van der Waals surface area contributed by atoms with E-state index in [4.69, 9.17) is 12.2 Å². The summed E-state index contributed by atoms with van der Waals surface area (Å²) in [7, 11) is 0. The number of halogens is 1. The summed E-state index contributed by atoms with van der Waals surface area (Å²) >= 11 is 7.19. The van der Waals surface area contributed by atoms with Gasteiger partial charge in [0.05, 0.1) is 6.04 Å². The van der Waals surface area contributed by atoms with Gasteiger partial charge in [-0.05, 0) is 67.3 Å².